The molecule has 8 heteroatoms. The van der Waals surface area contributed by atoms with E-state index in [2.05, 4.69) is 10.6 Å². The van der Waals surface area contributed by atoms with Crippen molar-refractivity contribution in [2.45, 2.75) is 25.9 Å². The van der Waals surface area contributed by atoms with Gasteiger partial charge in [-0.1, -0.05) is 42.0 Å². The molecule has 0 aliphatic carbocycles. The molecule has 30 heavy (non-hydrogen) atoms. The molecule has 3 rings (SSSR count). The minimum absolute atomic E-state index is 0.190. The summed E-state index contributed by atoms with van der Waals surface area (Å²) in [7, 11) is 2.86. The second kappa shape index (κ2) is 8.77. The first-order valence-corrected chi connectivity index (χ1v) is 9.55. The molecule has 5 amide bonds. The van der Waals surface area contributed by atoms with Crippen LogP contribution in [0, 0.1) is 6.92 Å². The topological polar surface area (TPSA) is 98.8 Å². The fourth-order valence-electron chi connectivity index (χ4n) is 3.34. The van der Waals surface area contributed by atoms with Gasteiger partial charge in [-0.2, -0.15) is 0 Å². The van der Waals surface area contributed by atoms with Crippen molar-refractivity contribution in [1.82, 2.24) is 15.1 Å². The van der Waals surface area contributed by atoms with Crippen molar-refractivity contribution in [2.75, 3.05) is 19.4 Å². The quantitative estimate of drug-likeness (QED) is 0.716. The number of amides is 5. The summed E-state index contributed by atoms with van der Waals surface area (Å²) in [6.45, 7) is 2.34. The number of hydrogen-bond acceptors (Lipinski definition) is 4. The highest BCUT2D eigenvalue weighted by Crippen LogP contribution is 2.19. The van der Waals surface area contributed by atoms with Gasteiger partial charge < -0.3 is 15.5 Å². The van der Waals surface area contributed by atoms with E-state index in [0.717, 1.165) is 16.0 Å². The van der Waals surface area contributed by atoms with Crippen molar-refractivity contribution in [3.8, 4) is 0 Å². The Morgan fingerprint density at radius 2 is 1.77 bits per heavy atom. The number of hydrogen-bond donors (Lipinski definition) is 2. The Kier molecular flexibility index (Phi) is 6.15. The van der Waals surface area contributed by atoms with Gasteiger partial charge in [-0.25, -0.2) is 4.79 Å². The lowest BCUT2D eigenvalue weighted by atomic mass is 10.1. The smallest absolute Gasteiger partial charge is 0.326 e. The lowest BCUT2D eigenvalue weighted by molar-refractivity contribution is -0.129. The zero-order valence-electron chi connectivity index (χ0n) is 17.1. The molecule has 0 bridgehead atoms. The van der Waals surface area contributed by atoms with Gasteiger partial charge in [0.1, 0.15) is 6.04 Å². The third kappa shape index (κ3) is 4.48. The van der Waals surface area contributed by atoms with E-state index in [1.807, 2.05) is 31.2 Å². The Labute approximate surface area is 174 Å². The van der Waals surface area contributed by atoms with Crippen molar-refractivity contribution < 1.29 is 19.2 Å². The van der Waals surface area contributed by atoms with Crippen LogP contribution in [0.1, 0.15) is 27.9 Å². The summed E-state index contributed by atoms with van der Waals surface area (Å²) >= 11 is 0. The molecule has 1 aliphatic heterocycles. The molecule has 1 fully saturated rings. The maximum Gasteiger partial charge on any atom is 0.326 e. The molecular formula is C22H24N4O4. The number of aryl methyl sites for hydroxylation is 1. The molecule has 2 N–H and O–H groups in total. The predicted octanol–water partition coefficient (Wildman–Crippen LogP) is 2.15. The standard InChI is InChI=1S/C22H24N4O4/c1-14-7-6-8-15(11-14)13-23-20(28)16-9-4-5-10-17(16)24-19(27)12-18-21(29)26(3)22(30)25(18)2/h4-11,18H,12-13H2,1-3H3,(H,23,28)(H,24,27)/t18-/m0/s1. The minimum atomic E-state index is -0.857. The fourth-order valence-corrected chi connectivity index (χ4v) is 3.34. The zero-order valence-corrected chi connectivity index (χ0v) is 17.1. The fraction of sp³-hybridized carbons (Fsp3) is 0.273. The Hall–Kier alpha value is -3.68. The molecule has 0 unspecified atom stereocenters. The van der Waals surface area contributed by atoms with Crippen LogP contribution >= 0.6 is 0 Å². The van der Waals surface area contributed by atoms with Gasteiger partial charge >= 0.3 is 6.03 Å². The van der Waals surface area contributed by atoms with Crippen LogP contribution in [0.15, 0.2) is 48.5 Å². The van der Waals surface area contributed by atoms with Gasteiger partial charge in [0.25, 0.3) is 11.8 Å². The van der Waals surface area contributed by atoms with E-state index in [0.29, 0.717) is 17.8 Å². The van der Waals surface area contributed by atoms with Gasteiger partial charge in [0, 0.05) is 20.6 Å². The summed E-state index contributed by atoms with van der Waals surface area (Å²) in [6.07, 6.45) is -0.190. The predicted molar refractivity (Wildman–Crippen MR) is 112 cm³/mol. The number of anilines is 1. The van der Waals surface area contributed by atoms with E-state index >= 15 is 0 Å². The van der Waals surface area contributed by atoms with Gasteiger partial charge in [0.15, 0.2) is 0 Å². The number of imide groups is 1. The Morgan fingerprint density at radius 3 is 2.43 bits per heavy atom. The average Bonchev–Trinajstić information content (AvgIpc) is 2.90. The van der Waals surface area contributed by atoms with E-state index in [9.17, 15) is 19.2 Å². The summed E-state index contributed by atoms with van der Waals surface area (Å²) in [5, 5.41) is 5.54. The van der Waals surface area contributed by atoms with Crippen LogP contribution in [-0.2, 0) is 16.1 Å². The van der Waals surface area contributed by atoms with Gasteiger partial charge in [-0.3, -0.25) is 19.3 Å². The largest absolute Gasteiger partial charge is 0.348 e. The summed E-state index contributed by atoms with van der Waals surface area (Å²) in [5.41, 5.74) is 2.74. The molecule has 8 nitrogen and oxygen atoms in total. The Balaban J connectivity index is 1.66. The molecule has 0 spiro atoms. The molecule has 156 valence electrons. The van der Waals surface area contributed by atoms with E-state index in [4.69, 9.17) is 0 Å². The second-order valence-electron chi connectivity index (χ2n) is 7.28. The van der Waals surface area contributed by atoms with Crippen molar-refractivity contribution in [3.05, 3.63) is 65.2 Å². The second-order valence-corrected chi connectivity index (χ2v) is 7.28. The van der Waals surface area contributed by atoms with Crippen LogP contribution < -0.4 is 10.6 Å². The van der Waals surface area contributed by atoms with E-state index in [-0.39, 0.29) is 12.3 Å². The molecule has 1 heterocycles. The minimum Gasteiger partial charge on any atom is -0.348 e. The average molecular weight is 408 g/mol. The number of likely N-dealkylation sites (N-methyl/N-ethyl adjacent to an activating group) is 2. The third-order valence-electron chi connectivity index (χ3n) is 5.03. The highest BCUT2D eigenvalue weighted by atomic mass is 16.2. The van der Waals surface area contributed by atoms with Crippen LogP contribution in [0.4, 0.5) is 10.5 Å². The highest BCUT2D eigenvalue weighted by molar-refractivity contribution is 6.08. The van der Waals surface area contributed by atoms with Crippen LogP contribution in [0.3, 0.4) is 0 Å². The number of benzene rings is 2. The van der Waals surface area contributed by atoms with Gasteiger partial charge in [-0.05, 0) is 24.6 Å². The number of carbonyl (C=O) groups excluding carboxylic acids is 4. The Morgan fingerprint density at radius 1 is 1.03 bits per heavy atom. The van der Waals surface area contributed by atoms with Gasteiger partial charge in [-0.15, -0.1) is 0 Å². The Bertz CT molecular complexity index is 1000. The molecule has 1 saturated heterocycles. The summed E-state index contributed by atoms with van der Waals surface area (Å²) in [4.78, 5) is 51.4. The molecule has 0 saturated carbocycles. The van der Waals surface area contributed by atoms with Crippen LogP contribution in [0.25, 0.3) is 0 Å². The van der Waals surface area contributed by atoms with E-state index < -0.39 is 23.9 Å². The first-order chi connectivity index (χ1) is 14.3. The van der Waals surface area contributed by atoms with Crippen molar-refractivity contribution in [1.29, 1.82) is 0 Å². The van der Waals surface area contributed by atoms with Crippen molar-refractivity contribution in [3.63, 3.8) is 0 Å². The lowest BCUT2D eigenvalue weighted by Crippen LogP contribution is -2.35. The lowest BCUT2D eigenvalue weighted by Gasteiger charge is -2.16. The maximum absolute atomic E-state index is 12.7. The van der Waals surface area contributed by atoms with Gasteiger partial charge in [0.05, 0.1) is 17.7 Å². The van der Waals surface area contributed by atoms with Gasteiger partial charge in [0.2, 0.25) is 5.91 Å². The van der Waals surface area contributed by atoms with E-state index in [1.165, 1.54) is 19.0 Å². The number of para-hydroxylation sites is 1. The normalized spacial score (nSPS) is 16.0. The molecule has 1 atom stereocenters. The summed E-state index contributed by atoms with van der Waals surface area (Å²) in [5.74, 6) is -1.21. The molecular weight excluding hydrogens is 384 g/mol. The maximum atomic E-state index is 12.7. The number of carbonyl (C=O) groups is 4. The van der Waals surface area contributed by atoms with Crippen LogP contribution in [0.2, 0.25) is 0 Å². The molecule has 0 radical (unpaired) electrons. The number of urea groups is 1. The number of nitrogens with one attached hydrogen (secondary N) is 2. The molecule has 2 aromatic rings. The third-order valence-corrected chi connectivity index (χ3v) is 5.03. The van der Waals surface area contributed by atoms with E-state index in [1.54, 1.807) is 24.3 Å². The number of nitrogens with zero attached hydrogens (tertiary/aromatic N) is 2. The number of rotatable bonds is 6. The van der Waals surface area contributed by atoms with Crippen LogP contribution in [-0.4, -0.2) is 53.7 Å². The molecule has 0 aromatic heterocycles. The molecule has 1 aliphatic rings. The van der Waals surface area contributed by atoms with Crippen molar-refractivity contribution in [2.24, 2.45) is 0 Å². The monoisotopic (exact) mass is 408 g/mol. The summed E-state index contributed by atoms with van der Waals surface area (Å²) < 4.78 is 0. The molecule has 2 aromatic carbocycles. The first kappa shape index (κ1) is 21.0. The highest BCUT2D eigenvalue weighted by Gasteiger charge is 2.41. The van der Waals surface area contributed by atoms with Crippen molar-refractivity contribution >= 4 is 29.4 Å². The van der Waals surface area contributed by atoms with Crippen LogP contribution in [0.5, 0.6) is 0 Å². The zero-order chi connectivity index (χ0) is 21.8. The summed E-state index contributed by atoms with van der Waals surface area (Å²) in [6, 6.07) is 13.2. The SMILES string of the molecule is Cc1cccc(CNC(=O)c2ccccc2NC(=O)C[C@H]2C(=O)N(C)C(=O)N2C)c1. The first-order valence-electron chi connectivity index (χ1n) is 9.55.